The molecule has 2 rings (SSSR count). The lowest BCUT2D eigenvalue weighted by atomic mass is 10.5. The minimum atomic E-state index is -0.728. The zero-order chi connectivity index (χ0) is 12.4. The Labute approximate surface area is 93.9 Å². The molecule has 0 saturated heterocycles. The van der Waals surface area contributed by atoms with Crippen LogP contribution < -0.4 is 11.2 Å². The molecule has 0 saturated carbocycles. The van der Waals surface area contributed by atoms with Crippen LogP contribution in [0.1, 0.15) is 0 Å². The lowest BCUT2D eigenvalue weighted by Gasteiger charge is -2.03. The first-order chi connectivity index (χ1) is 8.13. The maximum atomic E-state index is 11.8. The monoisotopic (exact) mass is 236 g/mol. The number of nitrogens with zero attached hydrogens (tertiary/aromatic N) is 3. The molecule has 0 amide bonds. The first kappa shape index (κ1) is 11.0. The van der Waals surface area contributed by atoms with Crippen molar-refractivity contribution in [2.45, 2.75) is 6.54 Å². The van der Waals surface area contributed by atoms with Crippen LogP contribution >= 0.6 is 0 Å². The average molecular weight is 236 g/mol. The standard InChI is InChI=1S/C9H8N4O4/c1-17-5(14)4-13-8(15)6-7(12-9(13)16)11-3-2-10-6/h2-3H,4H2,1H3,(H,11,12,16). The van der Waals surface area contributed by atoms with Gasteiger partial charge < -0.3 is 4.74 Å². The van der Waals surface area contributed by atoms with Gasteiger partial charge in [-0.3, -0.25) is 14.6 Å². The SMILES string of the molecule is COC(=O)Cn1c(=O)[nH]c2nccnc2c1=O. The van der Waals surface area contributed by atoms with E-state index >= 15 is 0 Å². The lowest BCUT2D eigenvalue weighted by Crippen LogP contribution is -2.38. The Morgan fingerprint density at radius 1 is 1.41 bits per heavy atom. The Bertz CT molecular complexity index is 687. The molecule has 0 bridgehead atoms. The van der Waals surface area contributed by atoms with Gasteiger partial charge in [0.1, 0.15) is 6.54 Å². The Balaban J connectivity index is 2.68. The van der Waals surface area contributed by atoms with Gasteiger partial charge in [-0.1, -0.05) is 0 Å². The molecule has 1 N–H and O–H groups in total. The largest absolute Gasteiger partial charge is 0.468 e. The number of H-pyrrole nitrogens is 1. The molecule has 2 aromatic rings. The Kier molecular flexibility index (Phi) is 2.69. The number of aromatic nitrogens is 4. The number of ether oxygens (including phenoxy) is 1. The number of rotatable bonds is 2. The third-order valence-corrected chi connectivity index (χ3v) is 2.13. The van der Waals surface area contributed by atoms with E-state index in [1.165, 1.54) is 19.5 Å². The van der Waals surface area contributed by atoms with Crippen LogP contribution in [0.15, 0.2) is 22.0 Å². The van der Waals surface area contributed by atoms with Crippen LogP contribution in [-0.2, 0) is 16.1 Å². The number of methoxy groups -OCH3 is 1. The first-order valence-electron chi connectivity index (χ1n) is 4.64. The second-order valence-electron chi connectivity index (χ2n) is 3.15. The van der Waals surface area contributed by atoms with E-state index in [9.17, 15) is 14.4 Å². The van der Waals surface area contributed by atoms with Gasteiger partial charge in [0.2, 0.25) is 0 Å². The number of aromatic amines is 1. The Hall–Kier alpha value is -2.51. The molecular weight excluding hydrogens is 228 g/mol. The molecular formula is C9H8N4O4. The van der Waals surface area contributed by atoms with Gasteiger partial charge >= 0.3 is 11.7 Å². The first-order valence-corrected chi connectivity index (χ1v) is 4.64. The van der Waals surface area contributed by atoms with Crippen LogP contribution in [0, 0.1) is 0 Å². The predicted octanol–water partition coefficient (Wildman–Crippen LogP) is -1.35. The highest BCUT2D eigenvalue weighted by Gasteiger charge is 2.12. The number of hydrogen-bond acceptors (Lipinski definition) is 6. The highest BCUT2D eigenvalue weighted by molar-refractivity contribution is 5.70. The van der Waals surface area contributed by atoms with E-state index in [0.29, 0.717) is 4.57 Å². The molecule has 0 aromatic carbocycles. The van der Waals surface area contributed by atoms with Gasteiger partial charge in [-0.15, -0.1) is 0 Å². The summed E-state index contributed by atoms with van der Waals surface area (Å²) in [4.78, 5) is 44.4. The predicted molar refractivity (Wildman–Crippen MR) is 56.4 cm³/mol. The van der Waals surface area contributed by atoms with E-state index in [0.717, 1.165) is 0 Å². The maximum absolute atomic E-state index is 11.8. The molecule has 0 spiro atoms. The second kappa shape index (κ2) is 4.16. The lowest BCUT2D eigenvalue weighted by molar-refractivity contribution is -0.141. The van der Waals surface area contributed by atoms with Gasteiger partial charge in [-0.25, -0.2) is 19.3 Å². The maximum Gasteiger partial charge on any atom is 0.330 e. The van der Waals surface area contributed by atoms with Gasteiger partial charge in [-0.05, 0) is 0 Å². The van der Waals surface area contributed by atoms with Gasteiger partial charge in [0, 0.05) is 12.4 Å². The molecule has 0 fully saturated rings. The van der Waals surface area contributed by atoms with E-state index in [1.807, 2.05) is 0 Å². The quantitative estimate of drug-likeness (QED) is 0.646. The number of carbonyl (C=O) groups is 1. The summed E-state index contributed by atoms with van der Waals surface area (Å²) in [5.41, 5.74) is -1.32. The van der Waals surface area contributed by atoms with Crippen LogP contribution in [0.3, 0.4) is 0 Å². The van der Waals surface area contributed by atoms with Crippen molar-refractivity contribution >= 4 is 17.1 Å². The van der Waals surface area contributed by atoms with E-state index < -0.39 is 23.8 Å². The van der Waals surface area contributed by atoms with Crippen LogP contribution in [0.4, 0.5) is 0 Å². The van der Waals surface area contributed by atoms with Crippen LogP contribution in [0.2, 0.25) is 0 Å². The highest BCUT2D eigenvalue weighted by atomic mass is 16.5. The van der Waals surface area contributed by atoms with Crippen molar-refractivity contribution in [3.63, 3.8) is 0 Å². The summed E-state index contributed by atoms with van der Waals surface area (Å²) in [6, 6.07) is 0. The van der Waals surface area contributed by atoms with E-state index in [4.69, 9.17) is 0 Å². The molecule has 2 heterocycles. The fourth-order valence-corrected chi connectivity index (χ4v) is 1.31. The van der Waals surface area contributed by atoms with E-state index in [2.05, 4.69) is 19.7 Å². The summed E-state index contributed by atoms with van der Waals surface area (Å²) in [6.45, 7) is -0.461. The van der Waals surface area contributed by atoms with Gasteiger partial charge in [-0.2, -0.15) is 0 Å². The molecule has 8 heteroatoms. The zero-order valence-electron chi connectivity index (χ0n) is 8.84. The minimum Gasteiger partial charge on any atom is -0.468 e. The summed E-state index contributed by atoms with van der Waals surface area (Å²) in [5, 5.41) is 0. The third-order valence-electron chi connectivity index (χ3n) is 2.13. The smallest absolute Gasteiger partial charge is 0.330 e. The van der Waals surface area contributed by atoms with Gasteiger partial charge in [0.25, 0.3) is 5.56 Å². The van der Waals surface area contributed by atoms with Crippen molar-refractivity contribution < 1.29 is 9.53 Å². The summed E-state index contributed by atoms with van der Waals surface area (Å²) in [7, 11) is 1.17. The molecule has 0 atom stereocenters. The van der Waals surface area contributed by atoms with Crippen LogP contribution in [-0.4, -0.2) is 32.6 Å². The topological polar surface area (TPSA) is 107 Å². The number of fused-ring (bicyclic) bond motifs is 1. The Morgan fingerprint density at radius 3 is 2.82 bits per heavy atom. The number of nitrogens with one attached hydrogen (secondary N) is 1. The molecule has 0 unspecified atom stereocenters. The molecule has 8 nitrogen and oxygen atoms in total. The van der Waals surface area contributed by atoms with E-state index in [1.54, 1.807) is 0 Å². The fourth-order valence-electron chi connectivity index (χ4n) is 1.31. The molecule has 17 heavy (non-hydrogen) atoms. The van der Waals surface area contributed by atoms with Crippen molar-refractivity contribution in [3.05, 3.63) is 33.2 Å². The number of esters is 1. The van der Waals surface area contributed by atoms with Gasteiger partial charge in [0.05, 0.1) is 7.11 Å². The van der Waals surface area contributed by atoms with Crippen molar-refractivity contribution in [1.29, 1.82) is 0 Å². The summed E-state index contributed by atoms with van der Waals surface area (Å²) < 4.78 is 5.10. The third kappa shape index (κ3) is 1.92. The molecule has 2 aromatic heterocycles. The van der Waals surface area contributed by atoms with Crippen LogP contribution in [0.5, 0.6) is 0 Å². The second-order valence-corrected chi connectivity index (χ2v) is 3.15. The summed E-state index contributed by atoms with van der Waals surface area (Å²) in [5.74, 6) is -0.694. The molecule has 0 radical (unpaired) electrons. The van der Waals surface area contributed by atoms with Crippen molar-refractivity contribution in [3.8, 4) is 0 Å². The average Bonchev–Trinajstić information content (AvgIpc) is 2.34. The number of hydrogen-bond donors (Lipinski definition) is 1. The van der Waals surface area contributed by atoms with Gasteiger partial charge in [0.15, 0.2) is 11.2 Å². The fraction of sp³-hybridized carbons (Fsp3) is 0.222. The van der Waals surface area contributed by atoms with Crippen molar-refractivity contribution in [2.24, 2.45) is 0 Å². The summed E-state index contributed by atoms with van der Waals surface area (Å²) in [6.07, 6.45) is 2.67. The van der Waals surface area contributed by atoms with Crippen LogP contribution in [0.25, 0.3) is 11.2 Å². The minimum absolute atomic E-state index is 0.00370. The van der Waals surface area contributed by atoms with E-state index in [-0.39, 0.29) is 11.2 Å². The Morgan fingerprint density at radius 2 is 2.12 bits per heavy atom. The molecule has 0 aliphatic heterocycles. The molecule has 0 aliphatic rings. The normalized spacial score (nSPS) is 10.4. The van der Waals surface area contributed by atoms with Crippen molar-refractivity contribution in [1.82, 2.24) is 19.5 Å². The summed E-state index contributed by atoms with van der Waals surface area (Å²) >= 11 is 0. The molecule has 0 aliphatic carbocycles. The number of carbonyl (C=O) groups excluding carboxylic acids is 1. The highest BCUT2D eigenvalue weighted by Crippen LogP contribution is 1.94. The zero-order valence-corrected chi connectivity index (χ0v) is 8.84. The van der Waals surface area contributed by atoms with Crippen molar-refractivity contribution in [2.75, 3.05) is 7.11 Å². The molecule has 88 valence electrons.